The van der Waals surface area contributed by atoms with E-state index >= 15 is 0 Å². The highest BCUT2D eigenvalue weighted by Crippen LogP contribution is 2.55. The van der Waals surface area contributed by atoms with Crippen molar-refractivity contribution in [1.82, 2.24) is 0 Å². The van der Waals surface area contributed by atoms with E-state index in [9.17, 15) is 0 Å². The summed E-state index contributed by atoms with van der Waals surface area (Å²) in [5.74, 6) is 3.30. The van der Waals surface area contributed by atoms with E-state index < -0.39 is 0 Å². The van der Waals surface area contributed by atoms with Gasteiger partial charge in [-0.1, -0.05) is 24.3 Å². The average molecular weight is 269 g/mol. The molecule has 2 nitrogen and oxygen atoms in total. The Morgan fingerprint density at radius 2 is 2.00 bits per heavy atom. The van der Waals surface area contributed by atoms with Crippen LogP contribution in [0.5, 0.6) is 0 Å². The van der Waals surface area contributed by atoms with Crippen molar-refractivity contribution in [3.8, 4) is 0 Å². The summed E-state index contributed by atoms with van der Waals surface area (Å²) >= 11 is 0. The smallest absolute Gasteiger partial charge is 0.183 e. The molecule has 2 saturated carbocycles. The number of ether oxygens (including phenoxy) is 1. The van der Waals surface area contributed by atoms with Crippen molar-refractivity contribution in [2.45, 2.75) is 51.0 Å². The van der Waals surface area contributed by atoms with E-state index in [1.165, 1.54) is 30.4 Å². The molecule has 3 fully saturated rings. The molecule has 1 aliphatic heterocycles. The van der Waals surface area contributed by atoms with Gasteiger partial charge in [0.05, 0.1) is 12.6 Å². The fourth-order valence-electron chi connectivity index (χ4n) is 4.60. The van der Waals surface area contributed by atoms with Gasteiger partial charge in [0.15, 0.2) is 5.90 Å². The number of nitrogens with zero attached hydrogens (tertiary/aromatic N) is 1. The Bertz CT molecular complexity index is 528. The first-order chi connectivity index (χ1) is 9.83. The largest absolute Gasteiger partial charge is 0.481 e. The van der Waals surface area contributed by atoms with Crippen LogP contribution in [0.1, 0.15) is 49.1 Å². The van der Waals surface area contributed by atoms with Crippen LogP contribution in [0.3, 0.4) is 0 Å². The topological polar surface area (TPSA) is 21.6 Å². The summed E-state index contributed by atoms with van der Waals surface area (Å²) in [5, 5.41) is 0. The Kier molecular flexibility index (Phi) is 3.05. The van der Waals surface area contributed by atoms with E-state index in [1.807, 2.05) is 0 Å². The number of hydrogen-bond acceptors (Lipinski definition) is 2. The van der Waals surface area contributed by atoms with Gasteiger partial charge in [-0.2, -0.15) is 0 Å². The maximum Gasteiger partial charge on any atom is 0.183 e. The Morgan fingerprint density at radius 3 is 2.80 bits per heavy atom. The molecule has 3 aliphatic rings. The first-order valence-corrected chi connectivity index (χ1v) is 8.08. The fourth-order valence-corrected chi connectivity index (χ4v) is 4.60. The Hall–Kier alpha value is -1.31. The van der Waals surface area contributed by atoms with E-state index in [1.54, 1.807) is 0 Å². The SMILES string of the molecule is Cc1ccccc1C1C2CCC(C2)C1N=C1CCCO1. The Morgan fingerprint density at radius 1 is 1.15 bits per heavy atom. The van der Waals surface area contributed by atoms with Crippen LogP contribution >= 0.6 is 0 Å². The van der Waals surface area contributed by atoms with Crippen molar-refractivity contribution in [1.29, 1.82) is 0 Å². The second kappa shape index (κ2) is 4.91. The van der Waals surface area contributed by atoms with Crippen molar-refractivity contribution in [2.75, 3.05) is 6.61 Å². The van der Waals surface area contributed by atoms with Crippen LogP contribution in [0, 0.1) is 18.8 Å². The number of rotatable bonds is 2. The molecule has 4 unspecified atom stereocenters. The van der Waals surface area contributed by atoms with Crippen molar-refractivity contribution in [3.05, 3.63) is 35.4 Å². The second-order valence-electron chi connectivity index (χ2n) is 6.68. The van der Waals surface area contributed by atoms with Gasteiger partial charge in [-0.25, -0.2) is 0 Å². The van der Waals surface area contributed by atoms with E-state index in [-0.39, 0.29) is 0 Å². The van der Waals surface area contributed by atoms with Crippen LogP contribution in [0.25, 0.3) is 0 Å². The van der Waals surface area contributed by atoms with Crippen molar-refractivity contribution in [2.24, 2.45) is 16.8 Å². The van der Waals surface area contributed by atoms with Gasteiger partial charge in [-0.05, 0) is 55.6 Å². The zero-order valence-corrected chi connectivity index (χ0v) is 12.2. The van der Waals surface area contributed by atoms with E-state index in [4.69, 9.17) is 9.73 Å². The van der Waals surface area contributed by atoms with Crippen LogP contribution in [0.4, 0.5) is 0 Å². The standard InChI is InChI=1S/C18H23NO/c1-12-5-2-3-6-15(12)17-13-8-9-14(11-13)18(17)19-16-7-4-10-20-16/h2-3,5-6,13-14,17-18H,4,7-11H2,1H3. The number of aliphatic imine (C=N–C) groups is 1. The zero-order chi connectivity index (χ0) is 13.5. The molecular weight excluding hydrogens is 246 g/mol. The van der Waals surface area contributed by atoms with Crippen LogP contribution in [-0.2, 0) is 4.74 Å². The molecular formula is C18H23NO. The summed E-state index contributed by atoms with van der Waals surface area (Å²) in [5.41, 5.74) is 2.97. The highest BCUT2D eigenvalue weighted by molar-refractivity contribution is 5.77. The summed E-state index contributed by atoms with van der Waals surface area (Å²) in [4.78, 5) is 5.05. The summed E-state index contributed by atoms with van der Waals surface area (Å²) in [7, 11) is 0. The third-order valence-electron chi connectivity index (χ3n) is 5.52. The highest BCUT2D eigenvalue weighted by Gasteiger charge is 2.48. The Balaban J connectivity index is 1.69. The summed E-state index contributed by atoms with van der Waals surface area (Å²) in [6.07, 6.45) is 6.34. The maximum absolute atomic E-state index is 5.69. The van der Waals surface area contributed by atoms with Crippen LogP contribution < -0.4 is 0 Å². The molecule has 0 N–H and O–H groups in total. The normalized spacial score (nSPS) is 37.5. The third kappa shape index (κ3) is 1.97. The van der Waals surface area contributed by atoms with Gasteiger partial charge >= 0.3 is 0 Å². The monoisotopic (exact) mass is 269 g/mol. The molecule has 4 atom stereocenters. The summed E-state index contributed by atoms with van der Waals surface area (Å²) in [6, 6.07) is 9.38. The minimum absolute atomic E-state index is 0.475. The molecule has 2 aliphatic carbocycles. The third-order valence-corrected chi connectivity index (χ3v) is 5.52. The van der Waals surface area contributed by atoms with Gasteiger partial charge in [-0.15, -0.1) is 0 Å². The average Bonchev–Trinajstić information content (AvgIpc) is 3.16. The van der Waals surface area contributed by atoms with Gasteiger partial charge in [0, 0.05) is 12.3 Å². The van der Waals surface area contributed by atoms with Crippen molar-refractivity contribution < 1.29 is 4.74 Å². The van der Waals surface area contributed by atoms with E-state index in [0.717, 1.165) is 37.2 Å². The lowest BCUT2D eigenvalue weighted by Gasteiger charge is -2.30. The summed E-state index contributed by atoms with van der Waals surface area (Å²) < 4.78 is 5.69. The van der Waals surface area contributed by atoms with Crippen molar-refractivity contribution >= 4 is 5.90 Å². The molecule has 1 heterocycles. The van der Waals surface area contributed by atoms with Crippen LogP contribution in [0.15, 0.2) is 29.3 Å². The molecule has 0 spiro atoms. The zero-order valence-electron chi connectivity index (χ0n) is 12.2. The predicted molar refractivity (Wildman–Crippen MR) is 81.2 cm³/mol. The lowest BCUT2D eigenvalue weighted by atomic mass is 9.78. The van der Waals surface area contributed by atoms with Gasteiger partial charge < -0.3 is 4.74 Å². The molecule has 4 rings (SSSR count). The molecule has 106 valence electrons. The van der Waals surface area contributed by atoms with Gasteiger partial charge in [0.1, 0.15) is 0 Å². The summed E-state index contributed by atoms with van der Waals surface area (Å²) in [6.45, 7) is 3.12. The molecule has 1 aromatic carbocycles. The quantitative estimate of drug-likeness (QED) is 0.792. The second-order valence-corrected chi connectivity index (χ2v) is 6.68. The molecule has 0 radical (unpaired) electrons. The van der Waals surface area contributed by atoms with Crippen LogP contribution in [0.2, 0.25) is 0 Å². The highest BCUT2D eigenvalue weighted by atomic mass is 16.5. The number of hydrogen-bond donors (Lipinski definition) is 0. The minimum Gasteiger partial charge on any atom is -0.481 e. The lowest BCUT2D eigenvalue weighted by Crippen LogP contribution is -2.26. The molecule has 1 aromatic rings. The minimum atomic E-state index is 0.475. The Labute approximate surface area is 121 Å². The molecule has 0 aromatic heterocycles. The number of benzene rings is 1. The molecule has 20 heavy (non-hydrogen) atoms. The predicted octanol–water partition coefficient (Wildman–Crippen LogP) is 4.09. The molecule has 2 heteroatoms. The maximum atomic E-state index is 5.69. The van der Waals surface area contributed by atoms with Gasteiger partial charge in [-0.3, -0.25) is 4.99 Å². The lowest BCUT2D eigenvalue weighted by molar-refractivity contribution is 0.324. The molecule has 1 saturated heterocycles. The number of fused-ring (bicyclic) bond motifs is 2. The first kappa shape index (κ1) is 12.4. The number of aryl methyl sites for hydroxylation is 1. The first-order valence-electron chi connectivity index (χ1n) is 8.08. The van der Waals surface area contributed by atoms with Crippen LogP contribution in [-0.4, -0.2) is 18.5 Å². The van der Waals surface area contributed by atoms with Crippen molar-refractivity contribution in [3.63, 3.8) is 0 Å². The van der Waals surface area contributed by atoms with E-state index in [2.05, 4.69) is 31.2 Å². The molecule has 0 amide bonds. The van der Waals surface area contributed by atoms with Gasteiger partial charge in [0.25, 0.3) is 0 Å². The van der Waals surface area contributed by atoms with E-state index in [0.29, 0.717) is 12.0 Å². The fraction of sp³-hybridized carbons (Fsp3) is 0.611. The van der Waals surface area contributed by atoms with Gasteiger partial charge in [0.2, 0.25) is 0 Å². The molecule has 2 bridgehead atoms.